The van der Waals surface area contributed by atoms with Crippen LogP contribution in [0.2, 0.25) is 0 Å². The summed E-state index contributed by atoms with van der Waals surface area (Å²) >= 11 is 0. The highest BCUT2D eigenvalue weighted by Crippen LogP contribution is 2.22. The molecular weight excluding hydrogens is 451 g/mol. The second-order valence-corrected chi connectivity index (χ2v) is 8.41. The molecule has 2 amide bonds. The summed E-state index contributed by atoms with van der Waals surface area (Å²) in [5.41, 5.74) is 1.39. The Balaban J connectivity index is 1.51. The van der Waals surface area contributed by atoms with Crippen LogP contribution in [0.25, 0.3) is 0 Å². The Labute approximate surface area is 202 Å². The molecule has 178 valence electrons. The van der Waals surface area contributed by atoms with Gasteiger partial charge in [0.15, 0.2) is 11.6 Å². The van der Waals surface area contributed by atoms with Gasteiger partial charge >= 0.3 is 0 Å². The number of rotatable bonds is 5. The maximum atomic E-state index is 14.0. The number of likely N-dealkylation sites (tertiary alicyclic amines) is 1. The van der Waals surface area contributed by atoms with Crippen LogP contribution in [0, 0.1) is 17.0 Å². The summed E-state index contributed by atoms with van der Waals surface area (Å²) in [5.74, 6) is -3.13. The van der Waals surface area contributed by atoms with Gasteiger partial charge in [-0.25, -0.2) is 13.8 Å². The van der Waals surface area contributed by atoms with Gasteiger partial charge in [-0.05, 0) is 43.5 Å². The number of aromatic nitrogens is 1. The summed E-state index contributed by atoms with van der Waals surface area (Å²) < 4.78 is 27.9. The molecule has 1 saturated heterocycles. The monoisotopic (exact) mass is 475 g/mol. The van der Waals surface area contributed by atoms with Gasteiger partial charge < -0.3 is 15.5 Å². The Morgan fingerprint density at radius 1 is 0.886 bits per heavy atom. The lowest BCUT2D eigenvalue weighted by Crippen LogP contribution is -2.35. The molecule has 0 atom stereocenters. The molecule has 7 nitrogen and oxygen atoms in total. The molecule has 1 fully saturated rings. The molecule has 0 radical (unpaired) electrons. The third-order valence-corrected chi connectivity index (χ3v) is 5.80. The molecule has 0 aliphatic carbocycles. The molecule has 0 spiro atoms. The maximum absolute atomic E-state index is 14.0. The molecule has 0 saturated carbocycles. The van der Waals surface area contributed by atoms with Gasteiger partial charge in [0.25, 0.3) is 11.8 Å². The zero-order valence-corrected chi connectivity index (χ0v) is 19.2. The number of piperidine rings is 1. The van der Waals surface area contributed by atoms with Crippen molar-refractivity contribution in [1.29, 1.82) is 5.41 Å². The first-order valence-electron chi connectivity index (χ1n) is 11.3. The topological polar surface area (TPSA) is 98.2 Å². The summed E-state index contributed by atoms with van der Waals surface area (Å²) in [5, 5.41) is 13.4. The molecule has 0 unspecified atom stereocenters. The number of pyridine rings is 1. The minimum atomic E-state index is -1.22. The van der Waals surface area contributed by atoms with Crippen molar-refractivity contribution in [3.8, 4) is 0 Å². The molecule has 3 aromatic rings. The first kappa shape index (κ1) is 24.1. The minimum Gasteiger partial charge on any atom is -0.357 e. The molecule has 2 heterocycles. The average Bonchev–Trinajstić information content (AvgIpc) is 2.87. The Morgan fingerprint density at radius 2 is 1.54 bits per heavy atom. The van der Waals surface area contributed by atoms with E-state index in [9.17, 15) is 18.4 Å². The number of amides is 2. The number of benzene rings is 2. The first-order chi connectivity index (χ1) is 16.8. The fourth-order valence-corrected chi connectivity index (χ4v) is 3.84. The second kappa shape index (κ2) is 10.5. The predicted octanol–water partition coefficient (Wildman–Crippen LogP) is 2.93. The Kier molecular flexibility index (Phi) is 7.19. The van der Waals surface area contributed by atoms with Crippen molar-refractivity contribution in [3.63, 3.8) is 0 Å². The van der Waals surface area contributed by atoms with Crippen molar-refractivity contribution in [2.45, 2.75) is 19.3 Å². The van der Waals surface area contributed by atoms with Gasteiger partial charge in [-0.2, -0.15) is 0 Å². The van der Waals surface area contributed by atoms with Crippen LogP contribution >= 0.6 is 0 Å². The van der Waals surface area contributed by atoms with Crippen LogP contribution in [0.1, 0.15) is 45.5 Å². The fourth-order valence-electron chi connectivity index (χ4n) is 3.84. The molecule has 1 aliphatic heterocycles. The Bertz CT molecular complexity index is 1260. The van der Waals surface area contributed by atoms with Crippen LogP contribution in [0.15, 0.2) is 54.7 Å². The highest BCUT2D eigenvalue weighted by Gasteiger charge is 2.20. The molecule has 3 N–H and O–H groups in total. The van der Waals surface area contributed by atoms with E-state index in [0.717, 1.165) is 49.9 Å². The molecule has 35 heavy (non-hydrogen) atoms. The van der Waals surface area contributed by atoms with Crippen molar-refractivity contribution in [2.75, 3.05) is 23.7 Å². The van der Waals surface area contributed by atoms with Gasteiger partial charge in [0.1, 0.15) is 19.5 Å². The van der Waals surface area contributed by atoms with Crippen molar-refractivity contribution < 1.29 is 18.4 Å². The van der Waals surface area contributed by atoms with Crippen LogP contribution in [0.5, 0.6) is 0 Å². The van der Waals surface area contributed by atoms with E-state index in [-0.39, 0.29) is 22.6 Å². The highest BCUT2D eigenvalue weighted by atomic mass is 19.2. The summed E-state index contributed by atoms with van der Waals surface area (Å²) in [7, 11) is 1.84. The van der Waals surface area contributed by atoms with Crippen molar-refractivity contribution in [2.24, 2.45) is 0 Å². The molecule has 1 aromatic heterocycles. The normalized spacial score (nSPS) is 13.3. The van der Waals surface area contributed by atoms with E-state index in [1.54, 1.807) is 42.6 Å². The number of halogens is 2. The summed E-state index contributed by atoms with van der Waals surface area (Å²) in [6, 6.07) is 11.3. The van der Waals surface area contributed by atoms with Crippen LogP contribution < -0.4 is 16.1 Å². The average molecular weight is 475 g/mol. The van der Waals surface area contributed by atoms with Crippen LogP contribution in [0.4, 0.5) is 20.3 Å². The van der Waals surface area contributed by atoms with E-state index in [1.165, 1.54) is 0 Å². The molecule has 1 aliphatic rings. The lowest BCUT2D eigenvalue weighted by Gasteiger charge is -2.29. The third-order valence-electron chi connectivity index (χ3n) is 5.80. The maximum Gasteiger partial charge on any atom is 0.259 e. The molecule has 0 bridgehead atoms. The van der Waals surface area contributed by atoms with Crippen LogP contribution in [-0.2, 0) is 0 Å². The van der Waals surface area contributed by atoms with Crippen LogP contribution in [0.3, 0.4) is 0 Å². The number of hydrogen-bond acceptors (Lipinski definition) is 4. The van der Waals surface area contributed by atoms with Gasteiger partial charge in [0.05, 0.1) is 11.3 Å². The lowest BCUT2D eigenvalue weighted by atomic mass is 9.99. The Morgan fingerprint density at radius 3 is 2.20 bits per heavy atom. The summed E-state index contributed by atoms with van der Waals surface area (Å²) in [6.07, 6.45) is 4.81. The van der Waals surface area contributed by atoms with E-state index < -0.39 is 23.4 Å². The molecule has 4 rings (SSSR count). The van der Waals surface area contributed by atoms with Crippen molar-refractivity contribution in [3.05, 3.63) is 83.1 Å². The highest BCUT2D eigenvalue weighted by molar-refractivity contribution is 6.32. The zero-order chi connectivity index (χ0) is 24.9. The third kappa shape index (κ3) is 5.71. The lowest BCUT2D eigenvalue weighted by molar-refractivity contribution is 0.102. The SMILES string of the molecule is Bc1ccc(NC(=O)c2cc(F)c(F)cc2NC(=O)c2ccc(C(=N)N3CCCCC3)cc2)nc1. The second-order valence-electron chi connectivity index (χ2n) is 8.41. The van der Waals surface area contributed by atoms with Gasteiger partial charge in [0.2, 0.25) is 0 Å². The molecule has 2 aromatic carbocycles. The number of carbonyl (C=O) groups is 2. The van der Waals surface area contributed by atoms with Crippen LogP contribution in [-0.4, -0.2) is 48.5 Å². The number of amidine groups is 1. The van der Waals surface area contributed by atoms with E-state index in [4.69, 9.17) is 5.41 Å². The number of carbonyl (C=O) groups excluding carboxylic acids is 2. The molecular formula is C25H24BF2N5O2. The number of nitrogens with zero attached hydrogens (tertiary/aromatic N) is 2. The van der Waals surface area contributed by atoms with Gasteiger partial charge in [-0.3, -0.25) is 15.0 Å². The van der Waals surface area contributed by atoms with Gasteiger partial charge in [0, 0.05) is 36.5 Å². The number of hydrogen-bond donors (Lipinski definition) is 3. The molecule has 10 heteroatoms. The van der Waals surface area contributed by atoms with E-state index in [0.29, 0.717) is 11.4 Å². The first-order valence-corrected chi connectivity index (χ1v) is 11.3. The fraction of sp³-hybridized carbons (Fsp3) is 0.200. The van der Waals surface area contributed by atoms with Gasteiger partial charge in [-0.15, -0.1) is 0 Å². The summed E-state index contributed by atoms with van der Waals surface area (Å²) in [4.78, 5) is 31.7. The smallest absolute Gasteiger partial charge is 0.259 e. The quantitative estimate of drug-likeness (QED) is 0.300. The zero-order valence-electron chi connectivity index (χ0n) is 19.2. The number of nitrogens with one attached hydrogen (secondary N) is 3. The van der Waals surface area contributed by atoms with E-state index >= 15 is 0 Å². The number of anilines is 2. The summed E-state index contributed by atoms with van der Waals surface area (Å²) in [6.45, 7) is 1.67. The Hall–Kier alpha value is -4.08. The predicted molar refractivity (Wildman–Crippen MR) is 133 cm³/mol. The largest absolute Gasteiger partial charge is 0.357 e. The van der Waals surface area contributed by atoms with E-state index in [1.807, 2.05) is 12.7 Å². The minimum absolute atomic E-state index is 0.177. The van der Waals surface area contributed by atoms with Gasteiger partial charge in [-0.1, -0.05) is 23.7 Å². The standard InChI is InChI=1S/C25H24BF2N5O2/c26-17-8-9-22(30-14-17)32-25(35)18-12-19(27)20(28)13-21(18)31-24(34)16-6-4-15(5-7-16)23(29)33-10-2-1-3-11-33/h4-9,12-14,29H,1-3,10-11,26H2,(H,31,34)(H,30,32,35). The van der Waals surface area contributed by atoms with Crippen molar-refractivity contribution >= 4 is 42.5 Å². The van der Waals surface area contributed by atoms with E-state index in [2.05, 4.69) is 15.6 Å². The van der Waals surface area contributed by atoms with Crippen molar-refractivity contribution in [1.82, 2.24) is 9.88 Å².